The van der Waals surface area contributed by atoms with Crippen molar-refractivity contribution in [2.75, 3.05) is 26.7 Å². The number of aryl methyl sites for hydroxylation is 1. The van der Waals surface area contributed by atoms with E-state index in [0.717, 1.165) is 0 Å². The van der Waals surface area contributed by atoms with E-state index in [9.17, 15) is 4.79 Å². The Labute approximate surface area is 83.8 Å². The van der Waals surface area contributed by atoms with Gasteiger partial charge in [0.25, 0.3) is 0 Å². The molecule has 1 aromatic rings. The molecule has 4 nitrogen and oxygen atoms in total. The number of carbonyl (C=O) groups is 1. The van der Waals surface area contributed by atoms with Crippen LogP contribution in [-0.2, 0) is 7.05 Å². The average molecular weight is 196 g/mol. The van der Waals surface area contributed by atoms with E-state index in [1.54, 1.807) is 15.5 Å². The molecule has 0 bridgehead atoms. The van der Waals surface area contributed by atoms with Crippen LogP contribution in [0.1, 0.15) is 10.5 Å². The first-order valence-corrected chi connectivity index (χ1v) is 4.59. The van der Waals surface area contributed by atoms with Crippen molar-refractivity contribution in [3.8, 4) is 0 Å². The molecule has 14 heavy (non-hydrogen) atoms. The zero-order chi connectivity index (χ0) is 10.6. The van der Waals surface area contributed by atoms with Crippen LogP contribution < -0.4 is 0 Å². The summed E-state index contributed by atoms with van der Waals surface area (Å²) in [6.07, 6.45) is 1.85. The Morgan fingerprint density at radius 1 is 1.64 bits per heavy atom. The molecular weight excluding hydrogens is 180 g/mol. The Morgan fingerprint density at radius 3 is 2.86 bits per heavy atom. The SMILES string of the molecule is CN(CCO)CC(=O)c1cccn1C. The van der Waals surface area contributed by atoms with Crippen LogP contribution >= 0.6 is 0 Å². The molecule has 0 aromatic carbocycles. The molecule has 0 aliphatic rings. The van der Waals surface area contributed by atoms with Crippen LogP contribution in [0.15, 0.2) is 18.3 Å². The molecule has 0 fully saturated rings. The molecule has 0 spiro atoms. The second-order valence-electron chi connectivity index (χ2n) is 3.39. The Bertz CT molecular complexity index is 307. The smallest absolute Gasteiger partial charge is 0.193 e. The van der Waals surface area contributed by atoms with Crippen molar-refractivity contribution in [3.05, 3.63) is 24.0 Å². The molecule has 1 N–H and O–H groups in total. The minimum atomic E-state index is 0.0773. The van der Waals surface area contributed by atoms with Gasteiger partial charge in [0.05, 0.1) is 18.8 Å². The number of hydrogen-bond acceptors (Lipinski definition) is 3. The monoisotopic (exact) mass is 196 g/mol. The Balaban J connectivity index is 2.55. The van der Waals surface area contributed by atoms with Crippen molar-refractivity contribution < 1.29 is 9.90 Å². The number of hydrogen-bond donors (Lipinski definition) is 1. The third-order valence-electron chi connectivity index (χ3n) is 2.12. The molecule has 0 saturated heterocycles. The molecule has 1 rings (SSSR count). The van der Waals surface area contributed by atoms with Crippen molar-refractivity contribution in [1.29, 1.82) is 0 Å². The van der Waals surface area contributed by atoms with Gasteiger partial charge in [0.1, 0.15) is 0 Å². The minimum Gasteiger partial charge on any atom is -0.395 e. The largest absolute Gasteiger partial charge is 0.395 e. The number of aliphatic hydroxyl groups is 1. The van der Waals surface area contributed by atoms with Crippen LogP contribution in [0, 0.1) is 0 Å². The van der Waals surface area contributed by atoms with E-state index >= 15 is 0 Å². The average Bonchev–Trinajstić information content (AvgIpc) is 2.51. The van der Waals surface area contributed by atoms with Crippen molar-refractivity contribution in [3.63, 3.8) is 0 Å². The summed E-state index contributed by atoms with van der Waals surface area (Å²) in [5.41, 5.74) is 0.704. The topological polar surface area (TPSA) is 45.5 Å². The number of Topliss-reactive ketones (excluding diaryl/α,β-unsaturated/α-hetero) is 1. The van der Waals surface area contributed by atoms with Gasteiger partial charge in [-0.3, -0.25) is 9.69 Å². The van der Waals surface area contributed by atoms with Gasteiger partial charge in [-0.1, -0.05) is 0 Å². The first-order valence-electron chi connectivity index (χ1n) is 4.59. The molecule has 0 amide bonds. The summed E-state index contributed by atoms with van der Waals surface area (Å²) >= 11 is 0. The molecule has 1 heterocycles. The Hall–Kier alpha value is -1.13. The predicted molar refractivity (Wildman–Crippen MR) is 54.3 cm³/mol. The molecular formula is C10H16N2O2. The summed E-state index contributed by atoms with van der Waals surface area (Å²) in [7, 11) is 3.66. The lowest BCUT2D eigenvalue weighted by Gasteiger charge is -2.13. The second-order valence-corrected chi connectivity index (χ2v) is 3.39. The fourth-order valence-corrected chi connectivity index (χ4v) is 1.33. The van der Waals surface area contributed by atoms with Crippen molar-refractivity contribution in [2.24, 2.45) is 7.05 Å². The van der Waals surface area contributed by atoms with Gasteiger partial charge in [0, 0.05) is 19.8 Å². The second kappa shape index (κ2) is 4.93. The van der Waals surface area contributed by atoms with Crippen LogP contribution in [0.5, 0.6) is 0 Å². The highest BCUT2D eigenvalue weighted by atomic mass is 16.3. The maximum atomic E-state index is 11.7. The minimum absolute atomic E-state index is 0.0773. The highest BCUT2D eigenvalue weighted by Crippen LogP contribution is 2.01. The molecule has 0 aliphatic heterocycles. The third-order valence-corrected chi connectivity index (χ3v) is 2.12. The predicted octanol–water partition coefficient (Wildman–Crippen LogP) is 0.132. The molecule has 0 saturated carbocycles. The van der Waals surface area contributed by atoms with E-state index in [-0.39, 0.29) is 12.4 Å². The summed E-state index contributed by atoms with van der Waals surface area (Å²) in [6, 6.07) is 3.65. The van der Waals surface area contributed by atoms with E-state index in [4.69, 9.17) is 5.11 Å². The lowest BCUT2D eigenvalue weighted by atomic mass is 10.2. The van der Waals surface area contributed by atoms with Gasteiger partial charge in [0.15, 0.2) is 5.78 Å². The van der Waals surface area contributed by atoms with Gasteiger partial charge < -0.3 is 9.67 Å². The lowest BCUT2D eigenvalue weighted by molar-refractivity contribution is 0.0928. The number of nitrogens with zero attached hydrogens (tertiary/aromatic N) is 2. The maximum Gasteiger partial charge on any atom is 0.193 e. The van der Waals surface area contributed by atoms with E-state index in [1.165, 1.54) is 0 Å². The Morgan fingerprint density at radius 2 is 2.36 bits per heavy atom. The highest BCUT2D eigenvalue weighted by Gasteiger charge is 2.10. The lowest BCUT2D eigenvalue weighted by Crippen LogP contribution is -2.29. The normalized spacial score (nSPS) is 10.9. The van der Waals surface area contributed by atoms with Crippen LogP contribution in [-0.4, -0.2) is 47.1 Å². The molecule has 78 valence electrons. The molecule has 4 heteroatoms. The quantitative estimate of drug-likeness (QED) is 0.681. The summed E-state index contributed by atoms with van der Waals surface area (Å²) in [4.78, 5) is 13.5. The first-order chi connectivity index (χ1) is 6.65. The first kappa shape index (κ1) is 10.9. The number of aromatic nitrogens is 1. The van der Waals surface area contributed by atoms with Gasteiger partial charge in [-0.15, -0.1) is 0 Å². The summed E-state index contributed by atoms with van der Waals surface area (Å²) in [6.45, 7) is 0.950. The molecule has 0 atom stereocenters. The third kappa shape index (κ3) is 2.68. The maximum absolute atomic E-state index is 11.7. The highest BCUT2D eigenvalue weighted by molar-refractivity contribution is 5.96. The summed E-state index contributed by atoms with van der Waals surface area (Å²) in [5, 5.41) is 8.68. The van der Waals surface area contributed by atoms with Crippen LogP contribution in [0.4, 0.5) is 0 Å². The van der Waals surface area contributed by atoms with Crippen molar-refractivity contribution >= 4 is 5.78 Å². The number of ketones is 1. The van der Waals surface area contributed by atoms with Gasteiger partial charge in [-0.25, -0.2) is 0 Å². The zero-order valence-corrected chi connectivity index (χ0v) is 8.60. The van der Waals surface area contributed by atoms with Crippen LogP contribution in [0.2, 0.25) is 0 Å². The van der Waals surface area contributed by atoms with E-state index in [1.807, 2.05) is 26.4 Å². The number of aliphatic hydroxyl groups excluding tert-OH is 1. The molecule has 1 aromatic heterocycles. The fraction of sp³-hybridized carbons (Fsp3) is 0.500. The molecule has 0 unspecified atom stereocenters. The van der Waals surface area contributed by atoms with Gasteiger partial charge >= 0.3 is 0 Å². The zero-order valence-electron chi connectivity index (χ0n) is 8.60. The van der Waals surface area contributed by atoms with Crippen LogP contribution in [0.25, 0.3) is 0 Å². The van der Waals surface area contributed by atoms with Crippen molar-refractivity contribution in [1.82, 2.24) is 9.47 Å². The van der Waals surface area contributed by atoms with E-state index in [2.05, 4.69) is 0 Å². The summed E-state index contributed by atoms with van der Waals surface area (Å²) in [5.74, 6) is 0.0773. The van der Waals surface area contributed by atoms with Gasteiger partial charge in [0.2, 0.25) is 0 Å². The number of rotatable bonds is 5. The fourth-order valence-electron chi connectivity index (χ4n) is 1.33. The van der Waals surface area contributed by atoms with Gasteiger partial charge in [-0.05, 0) is 19.2 Å². The van der Waals surface area contributed by atoms with E-state index in [0.29, 0.717) is 18.8 Å². The molecule has 0 aliphatic carbocycles. The van der Waals surface area contributed by atoms with Crippen LogP contribution in [0.3, 0.4) is 0 Å². The standard InChI is InChI=1S/C10H16N2O2/c1-11(6-7-13)8-10(14)9-4-3-5-12(9)2/h3-5,13H,6-8H2,1-2H3. The van der Waals surface area contributed by atoms with E-state index < -0.39 is 0 Å². The number of likely N-dealkylation sites (N-methyl/N-ethyl adjacent to an activating group) is 1. The number of carbonyl (C=O) groups excluding carboxylic acids is 1. The summed E-state index contributed by atoms with van der Waals surface area (Å²) < 4.78 is 1.80. The Kier molecular flexibility index (Phi) is 3.85. The van der Waals surface area contributed by atoms with Crippen molar-refractivity contribution in [2.45, 2.75) is 0 Å². The van der Waals surface area contributed by atoms with Gasteiger partial charge in [-0.2, -0.15) is 0 Å². The molecule has 0 radical (unpaired) electrons.